The molecule has 0 heterocycles. The van der Waals surface area contributed by atoms with Crippen molar-refractivity contribution in [2.24, 2.45) is 23.5 Å². The van der Waals surface area contributed by atoms with Crippen LogP contribution in [0.5, 0.6) is 0 Å². The molecular formula is C10H20BNO4. The van der Waals surface area contributed by atoms with Crippen LogP contribution in [0.3, 0.4) is 0 Å². The second-order valence-electron chi connectivity index (χ2n) is 4.69. The molecule has 3 atom stereocenters. The summed E-state index contributed by atoms with van der Waals surface area (Å²) < 4.78 is 0. The van der Waals surface area contributed by atoms with Crippen LogP contribution in [-0.2, 0) is 4.79 Å². The maximum atomic E-state index is 11.0. The van der Waals surface area contributed by atoms with Crippen molar-refractivity contribution in [2.45, 2.75) is 32.0 Å². The summed E-state index contributed by atoms with van der Waals surface area (Å²) in [4.78, 5) is 11.0. The van der Waals surface area contributed by atoms with Gasteiger partial charge in [-0.3, -0.25) is 4.79 Å². The van der Waals surface area contributed by atoms with Crippen molar-refractivity contribution in [3.63, 3.8) is 0 Å². The molecule has 0 aromatic heterocycles. The largest absolute Gasteiger partial charge is 0.481 e. The molecule has 0 radical (unpaired) electrons. The van der Waals surface area contributed by atoms with Gasteiger partial charge in [0.1, 0.15) is 0 Å². The average Bonchev–Trinajstić information content (AvgIpc) is 2.60. The van der Waals surface area contributed by atoms with Crippen LogP contribution < -0.4 is 5.73 Å². The van der Waals surface area contributed by atoms with Crippen molar-refractivity contribution in [1.29, 1.82) is 0 Å². The summed E-state index contributed by atoms with van der Waals surface area (Å²) in [6.07, 6.45) is 3.23. The highest BCUT2D eigenvalue weighted by Gasteiger charge is 2.37. The molecule has 0 aliphatic heterocycles. The van der Waals surface area contributed by atoms with Gasteiger partial charge in [-0.2, -0.15) is 0 Å². The van der Waals surface area contributed by atoms with E-state index >= 15 is 0 Å². The van der Waals surface area contributed by atoms with Gasteiger partial charge in [0.2, 0.25) is 0 Å². The van der Waals surface area contributed by atoms with E-state index in [0.717, 1.165) is 12.8 Å². The van der Waals surface area contributed by atoms with Gasteiger partial charge in [-0.1, -0.05) is 12.8 Å². The van der Waals surface area contributed by atoms with E-state index in [-0.39, 0.29) is 11.8 Å². The number of carboxylic acids is 1. The van der Waals surface area contributed by atoms with Gasteiger partial charge in [-0.25, -0.2) is 0 Å². The topological polar surface area (TPSA) is 104 Å². The number of carboxylic acid groups (broad SMARTS) is 1. The Morgan fingerprint density at radius 1 is 1.38 bits per heavy atom. The Kier molecular flexibility index (Phi) is 5.24. The minimum Gasteiger partial charge on any atom is -0.481 e. The molecular weight excluding hydrogens is 209 g/mol. The lowest BCUT2D eigenvalue weighted by atomic mass is 9.80. The van der Waals surface area contributed by atoms with E-state index in [4.69, 9.17) is 20.9 Å². The lowest BCUT2D eigenvalue weighted by Gasteiger charge is -2.14. The van der Waals surface area contributed by atoms with Crippen LogP contribution >= 0.6 is 0 Å². The van der Waals surface area contributed by atoms with Crippen LogP contribution in [0.1, 0.15) is 25.7 Å². The maximum Gasteiger partial charge on any atom is 0.451 e. The first kappa shape index (κ1) is 13.5. The van der Waals surface area contributed by atoms with Crippen molar-refractivity contribution >= 4 is 13.1 Å². The molecule has 92 valence electrons. The maximum absolute atomic E-state index is 11.0. The number of aliphatic carboxylic acids is 1. The molecule has 5 nitrogen and oxygen atoms in total. The van der Waals surface area contributed by atoms with Crippen LogP contribution in [0, 0.1) is 17.8 Å². The third-order valence-electron chi connectivity index (χ3n) is 3.48. The standard InChI is InChI=1S/C10H20BNO4/c12-6-7-4-8(2-1-3-11(15)16)9(5-7)10(13)14/h7-9,15-16H,1-6,12H2,(H,13,14). The van der Waals surface area contributed by atoms with Crippen molar-refractivity contribution in [1.82, 2.24) is 0 Å². The average molecular weight is 229 g/mol. The lowest BCUT2D eigenvalue weighted by molar-refractivity contribution is -0.143. The SMILES string of the molecule is NCC1CC(CCCB(O)O)C(C(=O)O)C1. The monoisotopic (exact) mass is 229 g/mol. The third kappa shape index (κ3) is 3.77. The van der Waals surface area contributed by atoms with Crippen molar-refractivity contribution in [2.75, 3.05) is 6.54 Å². The van der Waals surface area contributed by atoms with E-state index in [9.17, 15) is 4.79 Å². The van der Waals surface area contributed by atoms with Gasteiger partial charge in [0.25, 0.3) is 0 Å². The molecule has 1 rings (SSSR count). The first-order valence-electron chi connectivity index (χ1n) is 5.83. The molecule has 0 aromatic rings. The normalized spacial score (nSPS) is 29.3. The number of carbonyl (C=O) groups is 1. The fourth-order valence-electron chi connectivity index (χ4n) is 2.62. The summed E-state index contributed by atoms with van der Waals surface area (Å²) in [5.74, 6) is -0.593. The van der Waals surface area contributed by atoms with Crippen molar-refractivity contribution < 1.29 is 19.9 Å². The zero-order chi connectivity index (χ0) is 12.1. The molecule has 6 heteroatoms. The molecule has 0 spiro atoms. The fraction of sp³-hybridized carbons (Fsp3) is 0.900. The minimum atomic E-state index is -1.28. The second-order valence-corrected chi connectivity index (χ2v) is 4.69. The van der Waals surface area contributed by atoms with Crippen LogP contribution in [-0.4, -0.2) is 34.8 Å². The zero-order valence-electron chi connectivity index (χ0n) is 9.38. The van der Waals surface area contributed by atoms with E-state index in [1.54, 1.807) is 0 Å². The van der Waals surface area contributed by atoms with E-state index < -0.39 is 13.1 Å². The molecule has 1 aliphatic rings. The molecule has 1 aliphatic carbocycles. The highest BCUT2D eigenvalue weighted by Crippen LogP contribution is 2.39. The summed E-state index contributed by atoms with van der Waals surface area (Å²) in [6.45, 7) is 0.545. The second kappa shape index (κ2) is 6.22. The molecule has 0 saturated heterocycles. The van der Waals surface area contributed by atoms with Crippen LogP contribution in [0.15, 0.2) is 0 Å². The van der Waals surface area contributed by atoms with Gasteiger partial charge in [-0.15, -0.1) is 0 Å². The third-order valence-corrected chi connectivity index (χ3v) is 3.48. The first-order valence-corrected chi connectivity index (χ1v) is 5.83. The van der Waals surface area contributed by atoms with Crippen molar-refractivity contribution in [3.05, 3.63) is 0 Å². The van der Waals surface area contributed by atoms with E-state index in [1.165, 1.54) is 0 Å². The smallest absolute Gasteiger partial charge is 0.451 e. The predicted molar refractivity (Wildman–Crippen MR) is 60.6 cm³/mol. The zero-order valence-corrected chi connectivity index (χ0v) is 9.38. The van der Waals surface area contributed by atoms with Gasteiger partial charge < -0.3 is 20.9 Å². The molecule has 3 unspecified atom stereocenters. The Hall–Kier alpha value is -0.585. The summed E-state index contributed by atoms with van der Waals surface area (Å²) in [5, 5.41) is 26.5. The fourth-order valence-corrected chi connectivity index (χ4v) is 2.62. The quantitative estimate of drug-likeness (QED) is 0.477. The number of hydrogen-bond acceptors (Lipinski definition) is 4. The Balaban J connectivity index is 2.40. The van der Waals surface area contributed by atoms with Crippen LogP contribution in [0.2, 0.25) is 6.32 Å². The Bertz CT molecular complexity index is 237. The van der Waals surface area contributed by atoms with Gasteiger partial charge in [0, 0.05) is 0 Å². The molecule has 0 bridgehead atoms. The van der Waals surface area contributed by atoms with E-state index in [1.807, 2.05) is 0 Å². The van der Waals surface area contributed by atoms with E-state index in [0.29, 0.717) is 31.6 Å². The van der Waals surface area contributed by atoms with Gasteiger partial charge in [0.15, 0.2) is 0 Å². The molecule has 5 N–H and O–H groups in total. The highest BCUT2D eigenvalue weighted by molar-refractivity contribution is 6.40. The highest BCUT2D eigenvalue weighted by atomic mass is 16.4. The number of rotatable bonds is 6. The van der Waals surface area contributed by atoms with Gasteiger partial charge >= 0.3 is 13.1 Å². The van der Waals surface area contributed by atoms with Crippen LogP contribution in [0.25, 0.3) is 0 Å². The molecule has 0 amide bonds. The van der Waals surface area contributed by atoms with Crippen molar-refractivity contribution in [3.8, 4) is 0 Å². The van der Waals surface area contributed by atoms with Gasteiger partial charge in [-0.05, 0) is 37.5 Å². The summed E-state index contributed by atoms with van der Waals surface area (Å²) >= 11 is 0. The predicted octanol–water partition coefficient (Wildman–Crippen LogP) is -0.0749. The van der Waals surface area contributed by atoms with E-state index in [2.05, 4.69) is 0 Å². The molecule has 0 aromatic carbocycles. The molecule has 16 heavy (non-hydrogen) atoms. The molecule has 1 saturated carbocycles. The summed E-state index contributed by atoms with van der Waals surface area (Å²) in [5.41, 5.74) is 5.56. The number of nitrogens with two attached hydrogens (primary N) is 1. The summed E-state index contributed by atoms with van der Waals surface area (Å²) in [6, 6.07) is 0. The number of hydrogen-bond donors (Lipinski definition) is 4. The van der Waals surface area contributed by atoms with Gasteiger partial charge in [0.05, 0.1) is 5.92 Å². The Morgan fingerprint density at radius 2 is 2.06 bits per heavy atom. The Morgan fingerprint density at radius 3 is 2.56 bits per heavy atom. The minimum absolute atomic E-state index is 0.143. The lowest BCUT2D eigenvalue weighted by Crippen LogP contribution is -2.19. The Labute approximate surface area is 95.8 Å². The molecule has 1 fully saturated rings. The first-order chi connectivity index (χ1) is 7.54. The van der Waals surface area contributed by atoms with Crippen LogP contribution in [0.4, 0.5) is 0 Å². The summed E-state index contributed by atoms with van der Waals surface area (Å²) in [7, 11) is -1.28.